The lowest BCUT2D eigenvalue weighted by Crippen LogP contribution is -2.49. The SMILES string of the molecule is CCCC(COC)NC(=O)[C@@H](N)C(C)CC. The average molecular weight is 230 g/mol. The monoisotopic (exact) mass is 230 g/mol. The quantitative estimate of drug-likeness (QED) is 0.660. The number of rotatable bonds is 8. The number of hydrogen-bond acceptors (Lipinski definition) is 3. The fourth-order valence-electron chi connectivity index (χ4n) is 1.56. The van der Waals surface area contributed by atoms with Crippen molar-refractivity contribution in [1.82, 2.24) is 5.32 Å². The summed E-state index contributed by atoms with van der Waals surface area (Å²) in [5, 5.41) is 2.94. The van der Waals surface area contributed by atoms with Gasteiger partial charge >= 0.3 is 0 Å². The Morgan fingerprint density at radius 2 is 2.06 bits per heavy atom. The van der Waals surface area contributed by atoms with Crippen LogP contribution in [0.4, 0.5) is 0 Å². The molecule has 0 fully saturated rings. The van der Waals surface area contributed by atoms with Crippen molar-refractivity contribution in [1.29, 1.82) is 0 Å². The van der Waals surface area contributed by atoms with Crippen LogP contribution in [-0.4, -0.2) is 31.7 Å². The molecular formula is C12H26N2O2. The minimum Gasteiger partial charge on any atom is -0.383 e. The van der Waals surface area contributed by atoms with E-state index in [-0.39, 0.29) is 17.9 Å². The van der Waals surface area contributed by atoms with Gasteiger partial charge in [0.15, 0.2) is 0 Å². The van der Waals surface area contributed by atoms with E-state index in [1.54, 1.807) is 7.11 Å². The zero-order valence-corrected chi connectivity index (χ0v) is 11.0. The van der Waals surface area contributed by atoms with E-state index in [9.17, 15) is 4.79 Å². The van der Waals surface area contributed by atoms with Gasteiger partial charge in [-0.05, 0) is 12.3 Å². The van der Waals surface area contributed by atoms with Gasteiger partial charge in [-0.1, -0.05) is 33.6 Å². The Balaban J connectivity index is 4.16. The molecule has 0 radical (unpaired) electrons. The molecule has 4 nitrogen and oxygen atoms in total. The first-order chi connectivity index (χ1) is 7.56. The highest BCUT2D eigenvalue weighted by Gasteiger charge is 2.21. The van der Waals surface area contributed by atoms with Crippen LogP contribution in [0.1, 0.15) is 40.0 Å². The molecule has 96 valence electrons. The fourth-order valence-corrected chi connectivity index (χ4v) is 1.56. The van der Waals surface area contributed by atoms with Crippen molar-refractivity contribution in [3.05, 3.63) is 0 Å². The molecule has 0 aliphatic heterocycles. The van der Waals surface area contributed by atoms with Crippen LogP contribution >= 0.6 is 0 Å². The second-order valence-corrected chi connectivity index (χ2v) is 4.36. The van der Waals surface area contributed by atoms with Gasteiger partial charge in [-0.25, -0.2) is 0 Å². The maximum Gasteiger partial charge on any atom is 0.237 e. The normalized spacial score (nSPS) is 16.6. The molecule has 0 saturated carbocycles. The molecule has 0 rings (SSSR count). The maximum atomic E-state index is 11.8. The molecule has 1 amide bonds. The Hall–Kier alpha value is -0.610. The van der Waals surface area contributed by atoms with Gasteiger partial charge in [0.25, 0.3) is 0 Å². The van der Waals surface area contributed by atoms with Gasteiger partial charge in [0.1, 0.15) is 0 Å². The van der Waals surface area contributed by atoms with Crippen molar-refractivity contribution in [3.8, 4) is 0 Å². The summed E-state index contributed by atoms with van der Waals surface area (Å²) in [7, 11) is 1.64. The van der Waals surface area contributed by atoms with Crippen molar-refractivity contribution >= 4 is 5.91 Å². The second kappa shape index (κ2) is 8.53. The molecule has 0 aliphatic rings. The average Bonchev–Trinajstić information content (AvgIpc) is 2.27. The minimum absolute atomic E-state index is 0.0650. The fraction of sp³-hybridized carbons (Fsp3) is 0.917. The Kier molecular flexibility index (Phi) is 8.21. The second-order valence-electron chi connectivity index (χ2n) is 4.36. The summed E-state index contributed by atoms with van der Waals surface area (Å²) in [6, 6.07) is -0.334. The standard InChI is InChI=1S/C12H26N2O2/c1-5-7-10(8-16-4)14-12(15)11(13)9(3)6-2/h9-11H,5-8,13H2,1-4H3,(H,14,15)/t9?,10?,11-/m0/s1. The van der Waals surface area contributed by atoms with Gasteiger partial charge in [0.2, 0.25) is 5.91 Å². The van der Waals surface area contributed by atoms with E-state index < -0.39 is 6.04 Å². The van der Waals surface area contributed by atoms with Crippen LogP contribution in [0.15, 0.2) is 0 Å². The van der Waals surface area contributed by atoms with Crippen LogP contribution in [0.5, 0.6) is 0 Å². The lowest BCUT2D eigenvalue weighted by molar-refractivity contribution is -0.124. The summed E-state index contributed by atoms with van der Waals surface area (Å²) >= 11 is 0. The minimum atomic E-state index is -0.416. The van der Waals surface area contributed by atoms with Gasteiger partial charge in [-0.3, -0.25) is 4.79 Å². The molecule has 0 heterocycles. The summed E-state index contributed by atoms with van der Waals surface area (Å²) < 4.78 is 5.07. The lowest BCUT2D eigenvalue weighted by Gasteiger charge is -2.22. The maximum absolute atomic E-state index is 11.8. The summed E-state index contributed by atoms with van der Waals surface area (Å²) in [4.78, 5) is 11.8. The van der Waals surface area contributed by atoms with Crippen LogP contribution in [0.3, 0.4) is 0 Å². The molecule has 0 aromatic carbocycles. The molecule has 0 spiro atoms. The van der Waals surface area contributed by atoms with Gasteiger partial charge in [-0.2, -0.15) is 0 Å². The number of hydrogen-bond donors (Lipinski definition) is 2. The first kappa shape index (κ1) is 15.4. The molecule has 0 saturated heterocycles. The van der Waals surface area contributed by atoms with E-state index in [2.05, 4.69) is 12.2 Å². The van der Waals surface area contributed by atoms with E-state index in [0.29, 0.717) is 6.61 Å². The van der Waals surface area contributed by atoms with Crippen LogP contribution in [0.2, 0.25) is 0 Å². The van der Waals surface area contributed by atoms with Crippen molar-refractivity contribution in [3.63, 3.8) is 0 Å². The topological polar surface area (TPSA) is 64.3 Å². The van der Waals surface area contributed by atoms with Crippen LogP contribution in [0, 0.1) is 5.92 Å². The number of ether oxygens (including phenoxy) is 1. The molecule has 0 aromatic heterocycles. The van der Waals surface area contributed by atoms with E-state index in [1.165, 1.54) is 0 Å². The first-order valence-corrected chi connectivity index (χ1v) is 6.11. The summed E-state index contributed by atoms with van der Waals surface area (Å²) in [6.07, 6.45) is 2.86. The smallest absolute Gasteiger partial charge is 0.237 e. The Morgan fingerprint density at radius 3 is 2.50 bits per heavy atom. The largest absolute Gasteiger partial charge is 0.383 e. The van der Waals surface area contributed by atoms with E-state index in [0.717, 1.165) is 19.3 Å². The number of amides is 1. The van der Waals surface area contributed by atoms with E-state index in [4.69, 9.17) is 10.5 Å². The molecule has 3 atom stereocenters. The highest BCUT2D eigenvalue weighted by atomic mass is 16.5. The highest BCUT2D eigenvalue weighted by molar-refractivity contribution is 5.82. The van der Waals surface area contributed by atoms with Crippen LogP contribution in [0.25, 0.3) is 0 Å². The third-order valence-electron chi connectivity index (χ3n) is 2.91. The zero-order chi connectivity index (χ0) is 12.6. The van der Waals surface area contributed by atoms with Gasteiger partial charge in [-0.15, -0.1) is 0 Å². The first-order valence-electron chi connectivity index (χ1n) is 6.11. The van der Waals surface area contributed by atoms with E-state index in [1.807, 2.05) is 13.8 Å². The summed E-state index contributed by atoms with van der Waals surface area (Å²) in [5.74, 6) is 0.148. The Bertz CT molecular complexity index is 191. The van der Waals surface area contributed by atoms with Gasteiger partial charge in [0.05, 0.1) is 18.7 Å². The molecule has 0 aromatic rings. The molecule has 16 heavy (non-hydrogen) atoms. The Morgan fingerprint density at radius 1 is 1.44 bits per heavy atom. The predicted molar refractivity (Wildman–Crippen MR) is 66.1 cm³/mol. The lowest BCUT2D eigenvalue weighted by atomic mass is 9.99. The molecule has 0 bridgehead atoms. The molecule has 2 unspecified atom stereocenters. The number of carbonyl (C=O) groups excluding carboxylic acids is 1. The van der Waals surface area contributed by atoms with Gasteiger partial charge in [0, 0.05) is 7.11 Å². The third-order valence-corrected chi connectivity index (χ3v) is 2.91. The predicted octanol–water partition coefficient (Wildman–Crippen LogP) is 1.29. The Labute approximate surface area is 98.9 Å². The molecule has 0 aliphatic carbocycles. The molecule has 4 heteroatoms. The van der Waals surface area contributed by atoms with E-state index >= 15 is 0 Å². The van der Waals surface area contributed by atoms with Crippen LogP contribution < -0.4 is 11.1 Å². The number of carbonyl (C=O) groups is 1. The van der Waals surface area contributed by atoms with Crippen molar-refractivity contribution in [2.45, 2.75) is 52.1 Å². The number of methoxy groups -OCH3 is 1. The van der Waals surface area contributed by atoms with Crippen molar-refractivity contribution in [2.24, 2.45) is 11.7 Å². The van der Waals surface area contributed by atoms with Crippen LogP contribution in [-0.2, 0) is 9.53 Å². The molecular weight excluding hydrogens is 204 g/mol. The van der Waals surface area contributed by atoms with Gasteiger partial charge < -0.3 is 15.8 Å². The molecule has 3 N–H and O–H groups in total. The van der Waals surface area contributed by atoms with Crippen molar-refractivity contribution < 1.29 is 9.53 Å². The highest BCUT2D eigenvalue weighted by Crippen LogP contribution is 2.06. The summed E-state index contributed by atoms with van der Waals surface area (Å²) in [5.41, 5.74) is 5.86. The summed E-state index contributed by atoms with van der Waals surface area (Å²) in [6.45, 7) is 6.67. The van der Waals surface area contributed by atoms with Crippen molar-refractivity contribution in [2.75, 3.05) is 13.7 Å². The third kappa shape index (κ3) is 5.47. The number of nitrogens with one attached hydrogen (secondary N) is 1. The number of nitrogens with two attached hydrogens (primary N) is 1. The zero-order valence-electron chi connectivity index (χ0n) is 11.0.